The van der Waals surface area contributed by atoms with Crippen LogP contribution in [0.25, 0.3) is 0 Å². The Morgan fingerprint density at radius 3 is 2.65 bits per heavy atom. The number of rotatable bonds is 3. The van der Waals surface area contributed by atoms with Crippen LogP contribution in [-0.2, 0) is 0 Å². The van der Waals surface area contributed by atoms with E-state index in [1.807, 2.05) is 0 Å². The molecule has 0 spiro atoms. The van der Waals surface area contributed by atoms with E-state index in [1.165, 1.54) is 12.1 Å². The van der Waals surface area contributed by atoms with Gasteiger partial charge in [-0.1, -0.05) is 6.07 Å². The number of aryl methyl sites for hydroxylation is 2. The maximum absolute atomic E-state index is 13.5. The predicted molar refractivity (Wildman–Crippen MR) is 67.1 cm³/mol. The molecule has 0 unspecified atom stereocenters. The summed E-state index contributed by atoms with van der Waals surface area (Å²) in [6.07, 6.45) is 0. The lowest BCUT2D eigenvalue weighted by molar-refractivity contribution is 0.0692. The third kappa shape index (κ3) is 2.59. The van der Waals surface area contributed by atoms with Crippen molar-refractivity contribution in [1.82, 2.24) is 4.98 Å². The van der Waals surface area contributed by atoms with Gasteiger partial charge in [0, 0.05) is 5.69 Å². The molecule has 4 nitrogen and oxygen atoms in total. The molecule has 20 heavy (non-hydrogen) atoms. The van der Waals surface area contributed by atoms with Crippen molar-refractivity contribution in [3.8, 4) is 11.6 Å². The second kappa shape index (κ2) is 5.24. The number of pyridine rings is 1. The van der Waals surface area contributed by atoms with Gasteiger partial charge in [0.15, 0.2) is 11.6 Å². The molecule has 0 fully saturated rings. The summed E-state index contributed by atoms with van der Waals surface area (Å²) >= 11 is 0. The van der Waals surface area contributed by atoms with Crippen LogP contribution < -0.4 is 4.74 Å². The van der Waals surface area contributed by atoms with Crippen molar-refractivity contribution in [2.75, 3.05) is 0 Å². The molecule has 0 amide bonds. The number of hydrogen-bond acceptors (Lipinski definition) is 3. The third-order valence-electron chi connectivity index (χ3n) is 2.65. The number of ether oxygens (including phenoxy) is 1. The zero-order valence-electron chi connectivity index (χ0n) is 10.8. The van der Waals surface area contributed by atoms with Gasteiger partial charge >= 0.3 is 5.97 Å². The van der Waals surface area contributed by atoms with Gasteiger partial charge in [0.1, 0.15) is 5.56 Å². The Morgan fingerprint density at radius 1 is 1.30 bits per heavy atom. The smallest absolute Gasteiger partial charge is 0.341 e. The highest BCUT2D eigenvalue weighted by atomic mass is 19.2. The van der Waals surface area contributed by atoms with Gasteiger partial charge in [-0.15, -0.1) is 0 Å². The maximum atomic E-state index is 13.5. The number of carbonyl (C=O) groups is 1. The fourth-order valence-corrected chi connectivity index (χ4v) is 1.80. The number of aromatic nitrogens is 1. The molecule has 2 rings (SSSR count). The molecule has 0 bridgehead atoms. The molecule has 0 atom stereocenters. The Kier molecular flexibility index (Phi) is 3.65. The summed E-state index contributed by atoms with van der Waals surface area (Å²) in [5, 5.41) is 9.15. The molecule has 0 aliphatic carbocycles. The molecule has 6 heteroatoms. The molecule has 0 aliphatic rings. The first-order valence-electron chi connectivity index (χ1n) is 5.73. The average molecular weight is 279 g/mol. The molecule has 0 saturated heterocycles. The number of carboxylic acid groups (broad SMARTS) is 1. The summed E-state index contributed by atoms with van der Waals surface area (Å²) in [7, 11) is 0. The Hall–Kier alpha value is -2.50. The van der Waals surface area contributed by atoms with Crippen LogP contribution in [0.15, 0.2) is 24.3 Å². The number of aromatic carboxylic acids is 1. The van der Waals surface area contributed by atoms with Crippen LogP contribution in [0.1, 0.15) is 21.6 Å². The average Bonchev–Trinajstić information content (AvgIpc) is 2.33. The zero-order chi connectivity index (χ0) is 14.9. The number of carboxylic acids is 1. The monoisotopic (exact) mass is 279 g/mol. The molecule has 1 N–H and O–H groups in total. The summed E-state index contributed by atoms with van der Waals surface area (Å²) in [5.41, 5.74) is 0.760. The molecule has 1 aromatic carbocycles. The zero-order valence-corrected chi connectivity index (χ0v) is 10.8. The van der Waals surface area contributed by atoms with Gasteiger partial charge in [0.05, 0.1) is 0 Å². The first-order chi connectivity index (χ1) is 9.40. The Bertz CT molecular complexity index is 686. The summed E-state index contributed by atoms with van der Waals surface area (Å²) in [6.45, 7) is 3.22. The van der Waals surface area contributed by atoms with Gasteiger partial charge in [-0.25, -0.2) is 14.2 Å². The number of hydrogen-bond donors (Lipinski definition) is 1. The SMILES string of the molecule is Cc1cc(C)c(C(=O)O)c(Oc2cccc(F)c2F)n1. The Morgan fingerprint density at radius 2 is 2.00 bits per heavy atom. The summed E-state index contributed by atoms with van der Waals surface area (Å²) in [4.78, 5) is 15.1. The van der Waals surface area contributed by atoms with Crippen molar-refractivity contribution in [3.05, 3.63) is 52.7 Å². The van der Waals surface area contributed by atoms with Crippen LogP contribution in [-0.4, -0.2) is 16.1 Å². The lowest BCUT2D eigenvalue weighted by Crippen LogP contribution is -2.06. The molecule has 0 aliphatic heterocycles. The van der Waals surface area contributed by atoms with Gasteiger partial charge in [-0.2, -0.15) is 4.39 Å². The van der Waals surface area contributed by atoms with Crippen molar-refractivity contribution >= 4 is 5.97 Å². The molecular formula is C14H11F2NO3. The van der Waals surface area contributed by atoms with Gasteiger partial charge in [0.25, 0.3) is 0 Å². The number of halogens is 2. The van der Waals surface area contributed by atoms with Crippen LogP contribution in [0.4, 0.5) is 8.78 Å². The normalized spacial score (nSPS) is 10.4. The van der Waals surface area contributed by atoms with Crippen molar-refractivity contribution in [1.29, 1.82) is 0 Å². The highest BCUT2D eigenvalue weighted by molar-refractivity contribution is 5.92. The third-order valence-corrected chi connectivity index (χ3v) is 2.65. The van der Waals surface area contributed by atoms with Gasteiger partial charge in [-0.05, 0) is 37.6 Å². The van der Waals surface area contributed by atoms with E-state index in [-0.39, 0.29) is 11.4 Å². The number of benzene rings is 1. The molecular weight excluding hydrogens is 268 g/mol. The van der Waals surface area contributed by atoms with E-state index in [2.05, 4.69) is 4.98 Å². The summed E-state index contributed by atoms with van der Waals surface area (Å²) in [5.74, 6) is -4.19. The van der Waals surface area contributed by atoms with Gasteiger partial charge < -0.3 is 9.84 Å². The van der Waals surface area contributed by atoms with E-state index >= 15 is 0 Å². The first kappa shape index (κ1) is 13.9. The van der Waals surface area contributed by atoms with E-state index in [0.717, 1.165) is 6.07 Å². The lowest BCUT2D eigenvalue weighted by atomic mass is 10.1. The van der Waals surface area contributed by atoms with Crippen LogP contribution >= 0.6 is 0 Å². The topological polar surface area (TPSA) is 59.4 Å². The van der Waals surface area contributed by atoms with Crippen LogP contribution in [0.3, 0.4) is 0 Å². The van der Waals surface area contributed by atoms with Crippen molar-refractivity contribution in [3.63, 3.8) is 0 Å². The molecule has 104 valence electrons. The Labute approximate surface area is 113 Å². The second-order valence-electron chi connectivity index (χ2n) is 4.22. The molecule has 1 heterocycles. The Balaban J connectivity index is 2.53. The highest BCUT2D eigenvalue weighted by Crippen LogP contribution is 2.29. The minimum Gasteiger partial charge on any atom is -0.477 e. The van der Waals surface area contributed by atoms with Crippen LogP contribution in [0.5, 0.6) is 11.6 Å². The van der Waals surface area contributed by atoms with Gasteiger partial charge in [-0.3, -0.25) is 0 Å². The van der Waals surface area contributed by atoms with Crippen molar-refractivity contribution in [2.45, 2.75) is 13.8 Å². The fourth-order valence-electron chi connectivity index (χ4n) is 1.80. The standard InChI is InChI=1S/C14H11F2NO3/c1-7-6-8(2)17-13(11(7)14(18)19)20-10-5-3-4-9(15)12(10)16/h3-6H,1-2H3,(H,18,19). The minimum atomic E-state index is -1.25. The van der Waals surface area contributed by atoms with Crippen LogP contribution in [0, 0.1) is 25.5 Å². The molecule has 0 radical (unpaired) electrons. The molecule has 2 aromatic rings. The fraction of sp³-hybridized carbons (Fsp3) is 0.143. The van der Waals surface area contributed by atoms with E-state index in [9.17, 15) is 13.6 Å². The second-order valence-corrected chi connectivity index (χ2v) is 4.22. The lowest BCUT2D eigenvalue weighted by Gasteiger charge is -2.11. The minimum absolute atomic E-state index is 0.181. The van der Waals surface area contributed by atoms with E-state index < -0.39 is 23.4 Å². The van der Waals surface area contributed by atoms with E-state index in [0.29, 0.717) is 11.3 Å². The predicted octanol–water partition coefficient (Wildman–Crippen LogP) is 3.47. The largest absolute Gasteiger partial charge is 0.477 e. The summed E-state index contributed by atoms with van der Waals surface area (Å²) < 4.78 is 31.8. The maximum Gasteiger partial charge on any atom is 0.341 e. The molecule has 0 saturated carbocycles. The summed E-state index contributed by atoms with van der Waals surface area (Å²) in [6, 6.07) is 4.97. The van der Waals surface area contributed by atoms with Crippen molar-refractivity contribution < 1.29 is 23.4 Å². The molecule has 1 aromatic heterocycles. The first-order valence-corrected chi connectivity index (χ1v) is 5.73. The number of nitrogens with zero attached hydrogens (tertiary/aromatic N) is 1. The highest BCUT2D eigenvalue weighted by Gasteiger charge is 2.19. The van der Waals surface area contributed by atoms with Crippen molar-refractivity contribution in [2.24, 2.45) is 0 Å². The van der Waals surface area contributed by atoms with E-state index in [4.69, 9.17) is 9.84 Å². The quantitative estimate of drug-likeness (QED) is 0.934. The van der Waals surface area contributed by atoms with Crippen LogP contribution in [0.2, 0.25) is 0 Å². The van der Waals surface area contributed by atoms with E-state index in [1.54, 1.807) is 19.9 Å². The van der Waals surface area contributed by atoms with Gasteiger partial charge in [0.2, 0.25) is 11.7 Å².